The highest BCUT2D eigenvalue weighted by atomic mass is 14.2. The Bertz CT molecular complexity index is 249. The first-order valence-corrected chi connectivity index (χ1v) is 5.27. The van der Waals surface area contributed by atoms with Crippen LogP contribution >= 0.6 is 0 Å². The van der Waals surface area contributed by atoms with Crippen molar-refractivity contribution in [3.63, 3.8) is 0 Å². The minimum atomic E-state index is 0.742. The molecule has 1 heteroatoms. The van der Waals surface area contributed by atoms with E-state index >= 15 is 0 Å². The SMILES string of the molecule is CC.CC.CC1=CC(C#N)=CC=CC1. The zero-order valence-electron chi connectivity index (χ0n) is 9.96. The quantitative estimate of drug-likeness (QED) is 0.557. The molecule has 0 spiro atoms. The van der Waals surface area contributed by atoms with Gasteiger partial charge in [-0.3, -0.25) is 0 Å². The maximum Gasteiger partial charge on any atom is 0.0991 e. The molecule has 0 aromatic rings. The van der Waals surface area contributed by atoms with Crippen LogP contribution in [0.4, 0.5) is 0 Å². The Morgan fingerprint density at radius 2 is 1.79 bits per heavy atom. The van der Waals surface area contributed by atoms with Gasteiger partial charge in [0.2, 0.25) is 0 Å². The van der Waals surface area contributed by atoms with Crippen LogP contribution in [0.15, 0.2) is 35.5 Å². The molecular weight excluding hydrogens is 170 g/mol. The molecule has 0 aromatic heterocycles. The lowest BCUT2D eigenvalue weighted by Gasteiger charge is -1.89. The van der Waals surface area contributed by atoms with Gasteiger partial charge in [0, 0.05) is 0 Å². The van der Waals surface area contributed by atoms with Gasteiger partial charge in [0.15, 0.2) is 0 Å². The van der Waals surface area contributed by atoms with E-state index in [2.05, 4.69) is 12.1 Å². The monoisotopic (exact) mass is 191 g/mol. The third-order valence-electron chi connectivity index (χ3n) is 1.38. The summed E-state index contributed by atoms with van der Waals surface area (Å²) in [5.41, 5.74) is 1.98. The van der Waals surface area contributed by atoms with E-state index in [1.165, 1.54) is 5.57 Å². The summed E-state index contributed by atoms with van der Waals surface area (Å²) in [5, 5.41) is 8.54. The fraction of sp³-hybridized carbons (Fsp3) is 0.462. The molecule has 0 N–H and O–H groups in total. The smallest absolute Gasteiger partial charge is 0.0991 e. The van der Waals surface area contributed by atoms with Gasteiger partial charge in [0.1, 0.15) is 0 Å². The van der Waals surface area contributed by atoms with Crippen molar-refractivity contribution in [1.29, 1.82) is 5.26 Å². The summed E-state index contributed by atoms with van der Waals surface area (Å²) in [5.74, 6) is 0. The third-order valence-corrected chi connectivity index (χ3v) is 1.38. The molecule has 1 aliphatic rings. The van der Waals surface area contributed by atoms with Gasteiger partial charge in [-0.15, -0.1) is 0 Å². The first-order valence-electron chi connectivity index (χ1n) is 5.27. The maximum absolute atomic E-state index is 8.54. The molecule has 0 bridgehead atoms. The van der Waals surface area contributed by atoms with Crippen LogP contribution in [0.5, 0.6) is 0 Å². The Balaban J connectivity index is 0. The lowest BCUT2D eigenvalue weighted by atomic mass is 10.2. The lowest BCUT2D eigenvalue weighted by Crippen LogP contribution is -1.72. The largest absolute Gasteiger partial charge is 0.192 e. The summed E-state index contributed by atoms with van der Waals surface area (Å²) >= 11 is 0. The third kappa shape index (κ3) is 7.36. The molecule has 0 radical (unpaired) electrons. The van der Waals surface area contributed by atoms with Gasteiger partial charge in [0.25, 0.3) is 0 Å². The molecule has 0 fully saturated rings. The van der Waals surface area contributed by atoms with Gasteiger partial charge in [-0.2, -0.15) is 5.26 Å². The van der Waals surface area contributed by atoms with Crippen molar-refractivity contribution in [2.24, 2.45) is 0 Å². The van der Waals surface area contributed by atoms with Crippen LogP contribution in [0.2, 0.25) is 0 Å². The van der Waals surface area contributed by atoms with Crippen molar-refractivity contribution in [3.05, 3.63) is 35.5 Å². The highest BCUT2D eigenvalue weighted by Gasteiger charge is 1.93. The molecule has 1 nitrogen and oxygen atoms in total. The van der Waals surface area contributed by atoms with Gasteiger partial charge in [0.05, 0.1) is 11.6 Å². The van der Waals surface area contributed by atoms with Crippen LogP contribution in [0.1, 0.15) is 41.0 Å². The second kappa shape index (κ2) is 11.7. The van der Waals surface area contributed by atoms with Crippen molar-refractivity contribution in [3.8, 4) is 6.07 Å². The van der Waals surface area contributed by atoms with E-state index in [9.17, 15) is 0 Å². The number of allylic oxidation sites excluding steroid dienone is 6. The van der Waals surface area contributed by atoms with Crippen molar-refractivity contribution >= 4 is 0 Å². The van der Waals surface area contributed by atoms with E-state index in [4.69, 9.17) is 5.26 Å². The Kier molecular flexibility index (Phi) is 12.7. The number of rotatable bonds is 0. The normalized spacial score (nSPS) is 12.9. The van der Waals surface area contributed by atoms with Crippen molar-refractivity contribution in [1.82, 2.24) is 0 Å². The molecule has 1 rings (SSSR count). The minimum absolute atomic E-state index is 0.742. The Labute approximate surface area is 88.4 Å². The fourth-order valence-electron chi connectivity index (χ4n) is 0.868. The number of nitriles is 1. The zero-order valence-corrected chi connectivity index (χ0v) is 9.96. The molecule has 14 heavy (non-hydrogen) atoms. The van der Waals surface area contributed by atoms with E-state index < -0.39 is 0 Å². The Morgan fingerprint density at radius 3 is 2.29 bits per heavy atom. The predicted molar refractivity (Wildman–Crippen MR) is 63.9 cm³/mol. The Morgan fingerprint density at radius 1 is 1.21 bits per heavy atom. The van der Waals surface area contributed by atoms with Crippen LogP contribution in [-0.2, 0) is 0 Å². The van der Waals surface area contributed by atoms with E-state index in [1.807, 2.05) is 52.8 Å². The van der Waals surface area contributed by atoms with Crippen LogP contribution in [0.3, 0.4) is 0 Å². The molecule has 0 heterocycles. The molecule has 0 amide bonds. The summed E-state index contributed by atoms with van der Waals surface area (Å²) in [6.45, 7) is 10.0. The molecule has 0 saturated heterocycles. The first kappa shape index (κ1) is 15.2. The van der Waals surface area contributed by atoms with Crippen LogP contribution < -0.4 is 0 Å². The average molecular weight is 191 g/mol. The van der Waals surface area contributed by atoms with E-state index in [0.29, 0.717) is 0 Å². The topological polar surface area (TPSA) is 23.8 Å². The lowest BCUT2D eigenvalue weighted by molar-refractivity contribution is 1.21. The summed E-state index contributed by atoms with van der Waals surface area (Å²) in [6.07, 6.45) is 8.68. The predicted octanol–water partition coefficient (Wildman–Crippen LogP) is 4.39. The second-order valence-corrected chi connectivity index (χ2v) is 2.36. The van der Waals surface area contributed by atoms with Gasteiger partial charge in [-0.1, -0.05) is 45.4 Å². The summed E-state index contributed by atoms with van der Waals surface area (Å²) in [4.78, 5) is 0. The number of hydrogen-bond acceptors (Lipinski definition) is 1. The molecule has 78 valence electrons. The van der Waals surface area contributed by atoms with Crippen molar-refractivity contribution in [2.45, 2.75) is 41.0 Å². The highest BCUT2D eigenvalue weighted by molar-refractivity contribution is 5.40. The highest BCUT2D eigenvalue weighted by Crippen LogP contribution is 2.09. The Hall–Kier alpha value is -1.29. The van der Waals surface area contributed by atoms with Gasteiger partial charge in [-0.05, 0) is 25.5 Å². The standard InChI is InChI=1S/C9H9N.2C2H6/c1-8-4-2-3-5-9(6-8)7-10;2*1-2/h2-3,5-6H,4H2,1H3;2*1-2H3. The van der Waals surface area contributed by atoms with Crippen LogP contribution in [0.25, 0.3) is 0 Å². The average Bonchev–Trinajstić information content (AvgIpc) is 2.48. The summed E-state index contributed by atoms with van der Waals surface area (Å²) in [6, 6.07) is 2.11. The number of nitrogens with zero attached hydrogens (tertiary/aromatic N) is 1. The molecular formula is C13H21N. The molecule has 0 saturated carbocycles. The summed E-state index contributed by atoms with van der Waals surface area (Å²) in [7, 11) is 0. The molecule has 0 aliphatic heterocycles. The van der Waals surface area contributed by atoms with Gasteiger partial charge in [-0.25, -0.2) is 0 Å². The minimum Gasteiger partial charge on any atom is -0.192 e. The maximum atomic E-state index is 8.54. The fourth-order valence-corrected chi connectivity index (χ4v) is 0.868. The molecule has 0 aromatic carbocycles. The summed E-state index contributed by atoms with van der Waals surface area (Å²) < 4.78 is 0. The van der Waals surface area contributed by atoms with E-state index in [0.717, 1.165) is 12.0 Å². The molecule has 0 atom stereocenters. The van der Waals surface area contributed by atoms with Gasteiger partial charge >= 0.3 is 0 Å². The van der Waals surface area contributed by atoms with Gasteiger partial charge < -0.3 is 0 Å². The number of hydrogen-bond donors (Lipinski definition) is 0. The zero-order chi connectivity index (χ0) is 11.4. The van der Waals surface area contributed by atoms with Crippen LogP contribution in [-0.4, -0.2) is 0 Å². The van der Waals surface area contributed by atoms with Crippen molar-refractivity contribution < 1.29 is 0 Å². The van der Waals surface area contributed by atoms with Crippen molar-refractivity contribution in [2.75, 3.05) is 0 Å². The van der Waals surface area contributed by atoms with Crippen LogP contribution in [0, 0.1) is 11.3 Å². The molecule has 0 unspecified atom stereocenters. The molecule has 1 aliphatic carbocycles. The van der Waals surface area contributed by atoms with E-state index in [1.54, 1.807) is 0 Å². The second-order valence-electron chi connectivity index (χ2n) is 2.36. The van der Waals surface area contributed by atoms with E-state index in [-0.39, 0.29) is 0 Å². The first-order chi connectivity index (χ1) is 6.83.